The first kappa shape index (κ1) is 19.6. The third kappa shape index (κ3) is 5.13. The molecule has 0 saturated heterocycles. The molecule has 0 aliphatic carbocycles. The SMILES string of the molecule is CCOC(=O)C(N)Cc1ccc(OC)c(COc2ccccc2OC)c1. The molecule has 0 bridgehead atoms. The summed E-state index contributed by atoms with van der Waals surface area (Å²) in [5, 5.41) is 0. The van der Waals surface area contributed by atoms with Crippen LogP contribution in [0.15, 0.2) is 42.5 Å². The molecule has 1 atom stereocenters. The van der Waals surface area contributed by atoms with Crippen LogP contribution in [0.4, 0.5) is 0 Å². The molecule has 0 fully saturated rings. The largest absolute Gasteiger partial charge is 0.496 e. The van der Waals surface area contributed by atoms with Crippen LogP contribution in [-0.2, 0) is 22.6 Å². The number of rotatable bonds is 9. The van der Waals surface area contributed by atoms with Gasteiger partial charge in [-0.2, -0.15) is 0 Å². The van der Waals surface area contributed by atoms with E-state index in [2.05, 4.69) is 0 Å². The summed E-state index contributed by atoms with van der Waals surface area (Å²) in [7, 11) is 3.20. The fraction of sp³-hybridized carbons (Fsp3) is 0.350. The van der Waals surface area contributed by atoms with Crippen molar-refractivity contribution in [1.29, 1.82) is 0 Å². The molecule has 0 amide bonds. The first-order valence-electron chi connectivity index (χ1n) is 8.42. The number of carbonyl (C=O) groups excluding carboxylic acids is 1. The van der Waals surface area contributed by atoms with Gasteiger partial charge >= 0.3 is 5.97 Å². The molecule has 1 unspecified atom stereocenters. The number of hydrogen-bond donors (Lipinski definition) is 1. The van der Waals surface area contributed by atoms with Crippen molar-refractivity contribution in [1.82, 2.24) is 0 Å². The quantitative estimate of drug-likeness (QED) is 0.694. The van der Waals surface area contributed by atoms with Crippen LogP contribution in [0.1, 0.15) is 18.1 Å². The van der Waals surface area contributed by atoms with Crippen molar-refractivity contribution in [3.05, 3.63) is 53.6 Å². The van der Waals surface area contributed by atoms with E-state index in [1.807, 2.05) is 42.5 Å². The number of benzene rings is 2. The molecule has 2 N–H and O–H groups in total. The van der Waals surface area contributed by atoms with Gasteiger partial charge in [-0.15, -0.1) is 0 Å². The lowest BCUT2D eigenvalue weighted by molar-refractivity contribution is -0.144. The first-order chi connectivity index (χ1) is 12.6. The molecule has 2 rings (SSSR count). The summed E-state index contributed by atoms with van der Waals surface area (Å²) in [6.45, 7) is 2.37. The van der Waals surface area contributed by atoms with Crippen molar-refractivity contribution >= 4 is 5.97 Å². The van der Waals surface area contributed by atoms with Crippen LogP contribution in [0.3, 0.4) is 0 Å². The number of nitrogens with two attached hydrogens (primary N) is 1. The minimum atomic E-state index is -0.702. The Hall–Kier alpha value is -2.73. The molecule has 0 saturated carbocycles. The van der Waals surface area contributed by atoms with Gasteiger partial charge in [-0.05, 0) is 43.2 Å². The zero-order valence-corrected chi connectivity index (χ0v) is 15.4. The Bertz CT molecular complexity index is 732. The normalized spacial score (nSPS) is 11.5. The van der Waals surface area contributed by atoms with Crippen molar-refractivity contribution in [2.45, 2.75) is 26.0 Å². The molecule has 6 heteroatoms. The van der Waals surface area contributed by atoms with E-state index < -0.39 is 12.0 Å². The molecule has 0 heterocycles. The predicted octanol–water partition coefficient (Wildman–Crippen LogP) is 2.72. The van der Waals surface area contributed by atoms with Crippen LogP contribution >= 0.6 is 0 Å². The highest BCUT2D eigenvalue weighted by atomic mass is 16.5. The third-order valence-corrected chi connectivity index (χ3v) is 3.84. The zero-order valence-electron chi connectivity index (χ0n) is 15.4. The maximum atomic E-state index is 11.7. The topological polar surface area (TPSA) is 80.0 Å². The van der Waals surface area contributed by atoms with Crippen LogP contribution in [-0.4, -0.2) is 32.8 Å². The number of esters is 1. The zero-order chi connectivity index (χ0) is 18.9. The van der Waals surface area contributed by atoms with Gasteiger partial charge in [0, 0.05) is 5.56 Å². The Balaban J connectivity index is 2.12. The molecule has 6 nitrogen and oxygen atoms in total. The van der Waals surface area contributed by atoms with Crippen LogP contribution in [0.2, 0.25) is 0 Å². The van der Waals surface area contributed by atoms with Gasteiger partial charge in [0.1, 0.15) is 18.4 Å². The highest BCUT2D eigenvalue weighted by molar-refractivity contribution is 5.75. The second kappa shape index (κ2) is 9.68. The summed E-state index contributed by atoms with van der Waals surface area (Å²) in [5.74, 6) is 1.60. The van der Waals surface area contributed by atoms with Gasteiger partial charge < -0.3 is 24.7 Å². The maximum absolute atomic E-state index is 11.7. The average molecular weight is 359 g/mol. The predicted molar refractivity (Wildman–Crippen MR) is 98.6 cm³/mol. The van der Waals surface area contributed by atoms with Gasteiger partial charge in [-0.25, -0.2) is 0 Å². The summed E-state index contributed by atoms with van der Waals surface area (Å²) in [6.07, 6.45) is 0.379. The minimum Gasteiger partial charge on any atom is -0.496 e. The van der Waals surface area contributed by atoms with E-state index in [9.17, 15) is 4.79 Å². The van der Waals surface area contributed by atoms with Crippen molar-refractivity contribution < 1.29 is 23.7 Å². The van der Waals surface area contributed by atoms with E-state index in [0.29, 0.717) is 36.9 Å². The minimum absolute atomic E-state index is 0.298. The molecule has 26 heavy (non-hydrogen) atoms. The third-order valence-electron chi connectivity index (χ3n) is 3.84. The molecule has 0 aromatic heterocycles. The van der Waals surface area contributed by atoms with Crippen molar-refractivity contribution in [2.75, 3.05) is 20.8 Å². The van der Waals surface area contributed by atoms with Gasteiger partial charge in [-0.3, -0.25) is 4.79 Å². The molecular weight excluding hydrogens is 334 g/mol. The monoisotopic (exact) mass is 359 g/mol. The van der Waals surface area contributed by atoms with Gasteiger partial charge in [0.05, 0.1) is 20.8 Å². The molecule has 0 spiro atoms. The lowest BCUT2D eigenvalue weighted by Gasteiger charge is -2.15. The lowest BCUT2D eigenvalue weighted by atomic mass is 10.0. The number of para-hydroxylation sites is 2. The summed E-state index contributed by atoms with van der Waals surface area (Å²) in [6, 6.07) is 12.4. The fourth-order valence-electron chi connectivity index (χ4n) is 2.55. The molecular formula is C20H25NO5. The summed E-state index contributed by atoms with van der Waals surface area (Å²) in [4.78, 5) is 11.7. The Morgan fingerprint density at radius 2 is 1.73 bits per heavy atom. The van der Waals surface area contributed by atoms with Gasteiger partial charge in [0.2, 0.25) is 0 Å². The molecule has 2 aromatic carbocycles. The maximum Gasteiger partial charge on any atom is 0.323 e. The van der Waals surface area contributed by atoms with Gasteiger partial charge in [0.15, 0.2) is 11.5 Å². The van der Waals surface area contributed by atoms with E-state index in [1.54, 1.807) is 21.1 Å². The second-order valence-corrected chi connectivity index (χ2v) is 5.65. The number of carbonyl (C=O) groups is 1. The number of methoxy groups -OCH3 is 2. The fourth-order valence-corrected chi connectivity index (χ4v) is 2.55. The molecule has 0 radical (unpaired) electrons. The lowest BCUT2D eigenvalue weighted by Crippen LogP contribution is -2.34. The van der Waals surface area contributed by atoms with E-state index in [1.165, 1.54) is 0 Å². The Morgan fingerprint density at radius 3 is 2.38 bits per heavy atom. The van der Waals surface area contributed by atoms with Crippen molar-refractivity contribution in [2.24, 2.45) is 5.73 Å². The average Bonchev–Trinajstić information content (AvgIpc) is 2.66. The summed E-state index contributed by atoms with van der Waals surface area (Å²) >= 11 is 0. The van der Waals surface area contributed by atoms with Crippen LogP contribution in [0.5, 0.6) is 17.2 Å². The number of ether oxygens (including phenoxy) is 4. The van der Waals surface area contributed by atoms with E-state index in [-0.39, 0.29) is 0 Å². The molecule has 2 aromatic rings. The van der Waals surface area contributed by atoms with Crippen molar-refractivity contribution in [3.8, 4) is 17.2 Å². The molecule has 0 aliphatic heterocycles. The first-order valence-corrected chi connectivity index (χ1v) is 8.42. The standard InChI is InChI=1S/C20H25NO5/c1-4-25-20(22)16(21)12-14-9-10-17(23-2)15(11-14)13-26-19-8-6-5-7-18(19)24-3/h5-11,16H,4,12-13,21H2,1-3H3. The van der Waals surface area contributed by atoms with Crippen LogP contribution in [0.25, 0.3) is 0 Å². The van der Waals surface area contributed by atoms with Gasteiger partial charge in [0.25, 0.3) is 0 Å². The van der Waals surface area contributed by atoms with E-state index >= 15 is 0 Å². The van der Waals surface area contributed by atoms with Crippen LogP contribution in [0, 0.1) is 0 Å². The van der Waals surface area contributed by atoms with E-state index in [0.717, 1.165) is 11.1 Å². The van der Waals surface area contributed by atoms with Gasteiger partial charge in [-0.1, -0.05) is 18.2 Å². The second-order valence-electron chi connectivity index (χ2n) is 5.65. The Morgan fingerprint density at radius 1 is 1.04 bits per heavy atom. The molecule has 0 aliphatic rings. The molecule has 140 valence electrons. The summed E-state index contributed by atoms with van der Waals surface area (Å²) < 4.78 is 21.5. The van der Waals surface area contributed by atoms with Crippen molar-refractivity contribution in [3.63, 3.8) is 0 Å². The highest BCUT2D eigenvalue weighted by Gasteiger charge is 2.16. The smallest absolute Gasteiger partial charge is 0.323 e. The van der Waals surface area contributed by atoms with Crippen LogP contribution < -0.4 is 19.9 Å². The summed E-state index contributed by atoms with van der Waals surface area (Å²) in [5.41, 5.74) is 7.67. The Labute approximate surface area is 153 Å². The Kier molecular flexibility index (Phi) is 7.29. The number of hydrogen-bond acceptors (Lipinski definition) is 6. The van der Waals surface area contributed by atoms with E-state index in [4.69, 9.17) is 24.7 Å². The highest BCUT2D eigenvalue weighted by Crippen LogP contribution is 2.28.